The minimum absolute atomic E-state index is 0.0236. The highest BCUT2D eigenvalue weighted by atomic mass is 35.5. The van der Waals surface area contributed by atoms with E-state index in [-0.39, 0.29) is 11.5 Å². The molecule has 0 fully saturated rings. The summed E-state index contributed by atoms with van der Waals surface area (Å²) in [6, 6.07) is 0. The van der Waals surface area contributed by atoms with Crippen LogP contribution in [0.3, 0.4) is 0 Å². The van der Waals surface area contributed by atoms with Gasteiger partial charge < -0.3 is 10.5 Å². The molecular formula is C10H12ClN3O2. The van der Waals surface area contributed by atoms with Gasteiger partial charge in [0.2, 0.25) is 0 Å². The first-order valence-electron chi connectivity index (χ1n) is 4.62. The van der Waals surface area contributed by atoms with Crippen LogP contribution in [0.1, 0.15) is 22.6 Å². The molecule has 0 radical (unpaired) electrons. The van der Waals surface area contributed by atoms with Gasteiger partial charge in [0.15, 0.2) is 11.5 Å². The van der Waals surface area contributed by atoms with E-state index >= 15 is 0 Å². The summed E-state index contributed by atoms with van der Waals surface area (Å²) < 4.78 is 4.53. The molecule has 1 aromatic rings. The number of hydrogen-bond acceptors (Lipinski definition) is 5. The van der Waals surface area contributed by atoms with Gasteiger partial charge in [-0.15, -0.1) is 11.6 Å². The molecule has 86 valence electrons. The number of anilines is 1. The quantitative estimate of drug-likeness (QED) is 0.638. The summed E-state index contributed by atoms with van der Waals surface area (Å²) in [4.78, 5) is 19.1. The molecule has 0 amide bonds. The van der Waals surface area contributed by atoms with Crippen molar-refractivity contribution in [3.8, 4) is 0 Å². The fourth-order valence-corrected chi connectivity index (χ4v) is 1.13. The number of halogens is 1. The van der Waals surface area contributed by atoms with Crippen LogP contribution in [0, 0.1) is 0 Å². The van der Waals surface area contributed by atoms with Crippen molar-refractivity contribution < 1.29 is 9.53 Å². The Morgan fingerprint density at radius 2 is 2.44 bits per heavy atom. The number of nitrogen functional groups attached to an aromatic ring is 1. The Labute approximate surface area is 98.3 Å². The molecule has 0 saturated carbocycles. The van der Waals surface area contributed by atoms with Crippen molar-refractivity contribution in [2.45, 2.75) is 6.42 Å². The minimum Gasteiger partial charge on any atom is -0.464 e. The zero-order valence-electron chi connectivity index (χ0n) is 8.81. The first kappa shape index (κ1) is 12.4. The summed E-state index contributed by atoms with van der Waals surface area (Å²) in [6.45, 7) is 0. The van der Waals surface area contributed by atoms with Crippen molar-refractivity contribution in [1.29, 1.82) is 0 Å². The Bertz CT molecular complexity index is 407. The Hall–Kier alpha value is -1.62. The number of aromatic nitrogens is 2. The Balaban J connectivity index is 2.93. The molecule has 0 bridgehead atoms. The van der Waals surface area contributed by atoms with E-state index < -0.39 is 5.97 Å². The largest absolute Gasteiger partial charge is 0.464 e. The maximum absolute atomic E-state index is 11.3. The standard InChI is InChI=1S/C10H12ClN3O2/c1-16-10(15)8-9(12)13-6-7(14-8)4-2-3-5-11/h2,4,6H,3,5H2,1H3,(H2,12,13). The Morgan fingerprint density at radius 3 is 3.06 bits per heavy atom. The van der Waals surface area contributed by atoms with E-state index in [4.69, 9.17) is 17.3 Å². The summed E-state index contributed by atoms with van der Waals surface area (Å²) in [5.74, 6) is -0.0121. The van der Waals surface area contributed by atoms with Crippen LogP contribution in [0.25, 0.3) is 6.08 Å². The maximum atomic E-state index is 11.3. The van der Waals surface area contributed by atoms with Gasteiger partial charge in [-0.25, -0.2) is 14.8 Å². The monoisotopic (exact) mass is 241 g/mol. The third-order valence-electron chi connectivity index (χ3n) is 1.76. The van der Waals surface area contributed by atoms with E-state index in [9.17, 15) is 4.79 Å². The number of ether oxygens (including phenoxy) is 1. The molecule has 0 spiro atoms. The first-order valence-corrected chi connectivity index (χ1v) is 5.15. The fourth-order valence-electron chi connectivity index (χ4n) is 1.01. The van der Waals surface area contributed by atoms with Crippen LogP contribution in [-0.4, -0.2) is 28.9 Å². The lowest BCUT2D eigenvalue weighted by Crippen LogP contribution is -2.10. The normalized spacial score (nSPS) is 10.6. The third kappa shape index (κ3) is 3.20. The lowest BCUT2D eigenvalue weighted by atomic mass is 10.3. The lowest BCUT2D eigenvalue weighted by Gasteiger charge is -2.02. The van der Waals surface area contributed by atoms with Crippen molar-refractivity contribution in [1.82, 2.24) is 9.97 Å². The van der Waals surface area contributed by atoms with Gasteiger partial charge in [-0.05, 0) is 12.5 Å². The molecule has 0 saturated heterocycles. The molecule has 16 heavy (non-hydrogen) atoms. The average Bonchev–Trinajstić information content (AvgIpc) is 2.30. The zero-order chi connectivity index (χ0) is 12.0. The van der Waals surface area contributed by atoms with Gasteiger partial charge in [-0.1, -0.05) is 6.08 Å². The third-order valence-corrected chi connectivity index (χ3v) is 1.98. The second-order valence-corrected chi connectivity index (χ2v) is 3.28. The van der Waals surface area contributed by atoms with E-state index in [1.54, 1.807) is 6.08 Å². The number of alkyl halides is 1. The fraction of sp³-hybridized carbons (Fsp3) is 0.300. The molecule has 0 atom stereocenters. The number of carbonyl (C=O) groups is 1. The number of carbonyl (C=O) groups excluding carboxylic acids is 1. The number of rotatable bonds is 4. The van der Waals surface area contributed by atoms with Crippen molar-refractivity contribution in [2.75, 3.05) is 18.7 Å². The van der Waals surface area contributed by atoms with E-state index in [0.29, 0.717) is 11.6 Å². The van der Waals surface area contributed by atoms with Gasteiger partial charge in [0.25, 0.3) is 0 Å². The molecule has 1 heterocycles. The highest BCUT2D eigenvalue weighted by Gasteiger charge is 2.12. The predicted octanol–water partition coefficient (Wildman–Crippen LogP) is 1.49. The molecule has 0 unspecified atom stereocenters. The minimum atomic E-state index is -0.599. The van der Waals surface area contributed by atoms with Crippen molar-refractivity contribution >= 4 is 29.5 Å². The number of methoxy groups -OCH3 is 1. The van der Waals surface area contributed by atoms with Crippen LogP contribution in [-0.2, 0) is 4.74 Å². The van der Waals surface area contributed by atoms with Crippen molar-refractivity contribution in [3.05, 3.63) is 23.7 Å². The summed E-state index contributed by atoms with van der Waals surface area (Å²) in [5, 5.41) is 0. The topological polar surface area (TPSA) is 78.1 Å². The summed E-state index contributed by atoms with van der Waals surface area (Å²) in [6.07, 6.45) is 5.77. The van der Waals surface area contributed by atoms with Crippen molar-refractivity contribution in [3.63, 3.8) is 0 Å². The predicted molar refractivity (Wildman–Crippen MR) is 62.2 cm³/mol. The SMILES string of the molecule is COC(=O)c1nc(C=CCCCl)cnc1N. The molecule has 2 N–H and O–H groups in total. The molecule has 5 nitrogen and oxygen atoms in total. The van der Waals surface area contributed by atoms with Crippen LogP contribution in [0.5, 0.6) is 0 Å². The van der Waals surface area contributed by atoms with Gasteiger partial charge in [0.05, 0.1) is 19.0 Å². The van der Waals surface area contributed by atoms with E-state index in [2.05, 4.69) is 14.7 Å². The van der Waals surface area contributed by atoms with E-state index in [1.165, 1.54) is 13.3 Å². The van der Waals surface area contributed by atoms with E-state index in [0.717, 1.165) is 6.42 Å². The van der Waals surface area contributed by atoms with Gasteiger partial charge in [-0.3, -0.25) is 0 Å². The van der Waals surface area contributed by atoms with E-state index in [1.807, 2.05) is 6.08 Å². The van der Waals surface area contributed by atoms with Crippen LogP contribution in [0.4, 0.5) is 5.82 Å². The molecule has 6 heteroatoms. The van der Waals surface area contributed by atoms with Gasteiger partial charge in [0, 0.05) is 5.88 Å². The molecule has 0 aromatic carbocycles. The molecule has 0 aliphatic rings. The van der Waals surface area contributed by atoms with Gasteiger partial charge in [0.1, 0.15) is 0 Å². The highest BCUT2D eigenvalue weighted by Crippen LogP contribution is 2.08. The summed E-state index contributed by atoms with van der Waals surface area (Å²) in [5.41, 5.74) is 6.07. The highest BCUT2D eigenvalue weighted by molar-refractivity contribution is 6.17. The first-order chi connectivity index (χ1) is 7.69. The van der Waals surface area contributed by atoms with Gasteiger partial charge in [-0.2, -0.15) is 0 Å². The van der Waals surface area contributed by atoms with Crippen molar-refractivity contribution in [2.24, 2.45) is 0 Å². The average molecular weight is 242 g/mol. The molecular weight excluding hydrogens is 230 g/mol. The second kappa shape index (κ2) is 6.07. The van der Waals surface area contributed by atoms with Gasteiger partial charge >= 0.3 is 5.97 Å². The number of nitrogens with zero attached hydrogens (tertiary/aromatic N) is 2. The molecule has 1 rings (SSSR count). The second-order valence-electron chi connectivity index (χ2n) is 2.90. The van der Waals surface area contributed by atoms with Crippen LogP contribution in [0.15, 0.2) is 12.3 Å². The zero-order valence-corrected chi connectivity index (χ0v) is 9.57. The van der Waals surface area contributed by atoms with Crippen LogP contribution < -0.4 is 5.73 Å². The maximum Gasteiger partial charge on any atom is 0.360 e. The number of hydrogen-bond donors (Lipinski definition) is 1. The Morgan fingerprint density at radius 1 is 1.69 bits per heavy atom. The molecule has 0 aliphatic heterocycles. The van der Waals surface area contributed by atoms with Crippen LogP contribution >= 0.6 is 11.6 Å². The molecule has 0 aliphatic carbocycles. The number of allylic oxidation sites excluding steroid dienone is 1. The number of nitrogens with two attached hydrogens (primary N) is 1. The van der Waals surface area contributed by atoms with Crippen LogP contribution in [0.2, 0.25) is 0 Å². The summed E-state index contributed by atoms with van der Waals surface area (Å²) >= 11 is 5.52. The smallest absolute Gasteiger partial charge is 0.360 e. The number of esters is 1. The lowest BCUT2D eigenvalue weighted by molar-refractivity contribution is 0.0595. The Kier molecular flexibility index (Phi) is 4.72. The summed E-state index contributed by atoms with van der Waals surface area (Å²) in [7, 11) is 1.26. The molecule has 1 aromatic heterocycles.